The summed E-state index contributed by atoms with van der Waals surface area (Å²) < 4.78 is 23.9. The van der Waals surface area contributed by atoms with Crippen molar-refractivity contribution in [3.05, 3.63) is 35.4 Å². The molecule has 4 nitrogen and oxygen atoms in total. The number of amides is 1. The van der Waals surface area contributed by atoms with Gasteiger partial charge in [0.2, 0.25) is 5.91 Å². The topological polar surface area (TPSA) is 63.2 Å². The van der Waals surface area contributed by atoms with E-state index in [1.165, 1.54) is 0 Å². The van der Waals surface area contributed by atoms with Crippen molar-refractivity contribution in [3.8, 4) is 0 Å². The number of carbonyl (C=O) groups is 1. The molecule has 0 radical (unpaired) electrons. The lowest BCUT2D eigenvalue weighted by atomic mass is 10.1. The minimum Gasteiger partial charge on any atom is -0.353 e. The highest BCUT2D eigenvalue weighted by Gasteiger charge is 2.19. The lowest BCUT2D eigenvalue weighted by Crippen LogP contribution is -2.36. The van der Waals surface area contributed by atoms with Crippen molar-refractivity contribution in [2.45, 2.75) is 39.0 Å². The van der Waals surface area contributed by atoms with Crippen LogP contribution in [0.1, 0.15) is 31.4 Å². The zero-order chi connectivity index (χ0) is 14.5. The number of rotatable bonds is 6. The average Bonchev–Trinajstić information content (AvgIpc) is 2.30. The molecule has 1 aromatic rings. The Hall–Kier alpha value is -1.36. The van der Waals surface area contributed by atoms with E-state index >= 15 is 0 Å². The van der Waals surface area contributed by atoms with E-state index in [0.29, 0.717) is 0 Å². The van der Waals surface area contributed by atoms with Gasteiger partial charge in [-0.25, -0.2) is 8.42 Å². The van der Waals surface area contributed by atoms with Gasteiger partial charge in [0.15, 0.2) is 9.84 Å². The van der Waals surface area contributed by atoms with Gasteiger partial charge in [-0.1, -0.05) is 31.2 Å². The first kappa shape index (κ1) is 15.7. The van der Waals surface area contributed by atoms with Gasteiger partial charge >= 0.3 is 0 Å². The number of benzene rings is 1. The van der Waals surface area contributed by atoms with Gasteiger partial charge in [0.25, 0.3) is 0 Å². The Labute approximate surface area is 115 Å². The third-order valence-corrected chi connectivity index (χ3v) is 4.46. The van der Waals surface area contributed by atoms with Gasteiger partial charge < -0.3 is 5.32 Å². The van der Waals surface area contributed by atoms with Gasteiger partial charge in [-0.05, 0) is 31.4 Å². The third kappa shape index (κ3) is 5.42. The molecule has 0 heterocycles. The molecule has 0 saturated carbocycles. The van der Waals surface area contributed by atoms with Crippen LogP contribution in [0, 0.1) is 6.92 Å². The maximum Gasteiger partial charge on any atom is 0.235 e. The van der Waals surface area contributed by atoms with Crippen LogP contribution in [0.25, 0.3) is 0 Å². The molecule has 0 spiro atoms. The van der Waals surface area contributed by atoms with E-state index in [0.717, 1.165) is 17.5 Å². The first-order valence-corrected chi connectivity index (χ1v) is 8.20. The summed E-state index contributed by atoms with van der Waals surface area (Å²) in [6.07, 6.45) is 0.781. The minimum atomic E-state index is -3.42. The molecule has 0 aliphatic rings. The largest absolute Gasteiger partial charge is 0.353 e. The van der Waals surface area contributed by atoms with Crippen molar-refractivity contribution in [2.75, 3.05) is 5.75 Å². The molecule has 0 aliphatic heterocycles. The number of aryl methyl sites for hydroxylation is 1. The fraction of sp³-hybridized carbons (Fsp3) is 0.500. The highest BCUT2D eigenvalue weighted by atomic mass is 32.2. The lowest BCUT2D eigenvalue weighted by Gasteiger charge is -2.12. The van der Waals surface area contributed by atoms with Gasteiger partial charge in [0.05, 0.1) is 5.75 Å². The molecular formula is C14H21NO3S. The highest BCUT2D eigenvalue weighted by Crippen LogP contribution is 2.11. The van der Waals surface area contributed by atoms with Crippen LogP contribution >= 0.6 is 0 Å². The summed E-state index contributed by atoms with van der Waals surface area (Å²) in [4.78, 5) is 11.6. The second kappa shape index (κ2) is 6.70. The van der Waals surface area contributed by atoms with Crippen molar-refractivity contribution in [1.82, 2.24) is 5.32 Å². The fourth-order valence-electron chi connectivity index (χ4n) is 1.68. The molecule has 106 valence electrons. The van der Waals surface area contributed by atoms with Gasteiger partial charge in [-0.2, -0.15) is 0 Å². The van der Waals surface area contributed by atoms with Crippen molar-refractivity contribution < 1.29 is 13.2 Å². The zero-order valence-corrected chi connectivity index (χ0v) is 12.5. The van der Waals surface area contributed by atoms with Crippen LogP contribution in [-0.4, -0.2) is 26.1 Å². The standard InChI is InChI=1S/C14H21NO3S/c1-4-12(3)15-14(16)10-19(17,18)9-13-8-6-5-7-11(13)2/h5-8,12H,4,9-10H2,1-3H3,(H,15,16). The predicted molar refractivity (Wildman–Crippen MR) is 76.6 cm³/mol. The minimum absolute atomic E-state index is 0.00108. The molecule has 1 rings (SSSR count). The van der Waals surface area contributed by atoms with Gasteiger partial charge in [-0.3, -0.25) is 4.79 Å². The highest BCUT2D eigenvalue weighted by molar-refractivity contribution is 7.91. The number of carbonyl (C=O) groups excluding carboxylic acids is 1. The Bertz CT molecular complexity index is 537. The first-order valence-electron chi connectivity index (χ1n) is 6.38. The monoisotopic (exact) mass is 283 g/mol. The normalized spacial score (nSPS) is 13.0. The molecule has 1 amide bonds. The van der Waals surface area contributed by atoms with E-state index in [9.17, 15) is 13.2 Å². The van der Waals surface area contributed by atoms with Crippen LogP contribution in [0.15, 0.2) is 24.3 Å². The summed E-state index contributed by atoms with van der Waals surface area (Å²) in [5.41, 5.74) is 1.67. The Morgan fingerprint density at radius 2 is 1.95 bits per heavy atom. The van der Waals surface area contributed by atoms with Crippen molar-refractivity contribution in [1.29, 1.82) is 0 Å². The average molecular weight is 283 g/mol. The number of nitrogens with one attached hydrogen (secondary N) is 1. The molecule has 1 atom stereocenters. The van der Waals surface area contributed by atoms with E-state index in [-0.39, 0.29) is 11.8 Å². The van der Waals surface area contributed by atoms with E-state index < -0.39 is 21.5 Å². The number of hydrogen-bond donors (Lipinski definition) is 1. The molecule has 0 aromatic heterocycles. The second-order valence-electron chi connectivity index (χ2n) is 4.84. The molecule has 0 fully saturated rings. The van der Waals surface area contributed by atoms with Gasteiger partial charge in [0, 0.05) is 6.04 Å². The Morgan fingerprint density at radius 1 is 1.32 bits per heavy atom. The fourth-order valence-corrected chi connectivity index (χ4v) is 3.06. The lowest BCUT2D eigenvalue weighted by molar-refractivity contribution is -0.119. The van der Waals surface area contributed by atoms with Crippen LogP contribution < -0.4 is 5.32 Å². The van der Waals surface area contributed by atoms with Gasteiger partial charge in [-0.15, -0.1) is 0 Å². The van der Waals surface area contributed by atoms with Crippen molar-refractivity contribution >= 4 is 15.7 Å². The third-order valence-electron chi connectivity index (χ3n) is 3.01. The maximum absolute atomic E-state index is 12.0. The molecule has 1 aromatic carbocycles. The molecule has 1 unspecified atom stereocenters. The van der Waals surface area contributed by atoms with E-state index in [4.69, 9.17) is 0 Å². The summed E-state index contributed by atoms with van der Waals surface area (Å²) in [5.74, 6) is -0.970. The Balaban J connectivity index is 2.67. The Morgan fingerprint density at radius 3 is 2.53 bits per heavy atom. The molecule has 19 heavy (non-hydrogen) atoms. The van der Waals surface area contributed by atoms with E-state index in [1.54, 1.807) is 12.1 Å². The molecular weight excluding hydrogens is 262 g/mol. The van der Waals surface area contributed by atoms with E-state index in [1.807, 2.05) is 32.9 Å². The summed E-state index contributed by atoms with van der Waals surface area (Å²) in [6.45, 7) is 5.66. The second-order valence-corrected chi connectivity index (χ2v) is 6.90. The quantitative estimate of drug-likeness (QED) is 0.866. The van der Waals surface area contributed by atoms with Crippen LogP contribution in [0.2, 0.25) is 0 Å². The van der Waals surface area contributed by atoms with Crippen molar-refractivity contribution in [3.63, 3.8) is 0 Å². The van der Waals surface area contributed by atoms with Crippen LogP contribution in [0.5, 0.6) is 0 Å². The smallest absolute Gasteiger partial charge is 0.235 e. The van der Waals surface area contributed by atoms with Crippen LogP contribution in [-0.2, 0) is 20.4 Å². The molecule has 1 N–H and O–H groups in total. The predicted octanol–water partition coefficient (Wildman–Crippen LogP) is 1.82. The van der Waals surface area contributed by atoms with Crippen LogP contribution in [0.3, 0.4) is 0 Å². The summed E-state index contributed by atoms with van der Waals surface area (Å²) in [7, 11) is -3.42. The van der Waals surface area contributed by atoms with Crippen LogP contribution in [0.4, 0.5) is 0 Å². The summed E-state index contributed by atoms with van der Waals surface area (Å²) >= 11 is 0. The van der Waals surface area contributed by atoms with Gasteiger partial charge in [0.1, 0.15) is 5.75 Å². The summed E-state index contributed by atoms with van der Waals surface area (Å²) in [5, 5.41) is 2.67. The van der Waals surface area contributed by atoms with E-state index in [2.05, 4.69) is 5.32 Å². The Kier molecular flexibility index (Phi) is 5.54. The number of hydrogen-bond acceptors (Lipinski definition) is 3. The SMILES string of the molecule is CCC(C)NC(=O)CS(=O)(=O)Cc1ccccc1C. The molecule has 0 aliphatic carbocycles. The van der Waals surface area contributed by atoms with Crippen molar-refractivity contribution in [2.24, 2.45) is 0 Å². The summed E-state index contributed by atoms with van der Waals surface area (Å²) in [6, 6.07) is 7.31. The maximum atomic E-state index is 12.0. The molecule has 5 heteroatoms. The molecule has 0 bridgehead atoms. The first-order chi connectivity index (χ1) is 8.84. The zero-order valence-electron chi connectivity index (χ0n) is 11.6. The number of sulfone groups is 1. The molecule has 0 saturated heterocycles.